The summed E-state index contributed by atoms with van der Waals surface area (Å²) < 4.78 is 19.2. The fraction of sp³-hybridized carbons (Fsp3) is 0.500. The summed E-state index contributed by atoms with van der Waals surface area (Å²) in [6.45, 7) is 10.5. The third kappa shape index (κ3) is 9.64. The second kappa shape index (κ2) is 18.8. The molecule has 1 saturated carbocycles. The van der Waals surface area contributed by atoms with Gasteiger partial charge < -0.3 is 20.4 Å². The summed E-state index contributed by atoms with van der Waals surface area (Å²) in [5, 5.41) is 28.0. The van der Waals surface area contributed by atoms with Crippen molar-refractivity contribution in [1.29, 1.82) is 5.26 Å². The first-order valence-electron chi connectivity index (χ1n) is 23.5. The standard InChI is InChI=1S/C50H60FN11O3/c1-32(2)56-49(65)50(3)17-22-60(23-18-50)45-12-6-35(27-53-45)42-24-36(30-62-47(42)37(26-52)28-55-62)38-29-54-61(31-38)40-8-4-33(5-9-40)14-19-59-20-15-34(16-21-59)41-10-7-39(25-43(41)51)57-44-11-13-46(63)58-48(44)64/h6-7,10,12,24-25,27-34,40,44,57H,4-5,8-9,11,13-23H2,1-3H3,(H,56,65)(H,58,63,64)/t33-,40-,44?. The van der Waals surface area contributed by atoms with Crippen LogP contribution < -0.4 is 20.9 Å². The number of aromatic nitrogens is 5. The second-order valence-electron chi connectivity index (χ2n) is 19.4. The molecule has 1 aliphatic carbocycles. The molecule has 1 aromatic carbocycles. The number of hydrogen-bond acceptors (Lipinski definition) is 10. The summed E-state index contributed by atoms with van der Waals surface area (Å²) >= 11 is 0. The zero-order chi connectivity index (χ0) is 45.2. The Hall–Kier alpha value is -6.14. The van der Waals surface area contributed by atoms with E-state index in [1.165, 1.54) is 12.5 Å². The van der Waals surface area contributed by atoms with E-state index >= 15 is 4.39 Å². The number of nitrogens with one attached hydrogen (secondary N) is 3. The van der Waals surface area contributed by atoms with Crippen LogP contribution in [0.1, 0.15) is 114 Å². The average molecular weight is 882 g/mol. The largest absolute Gasteiger partial charge is 0.374 e. The van der Waals surface area contributed by atoms with E-state index in [4.69, 9.17) is 10.1 Å². The van der Waals surface area contributed by atoms with Gasteiger partial charge in [-0.15, -0.1) is 0 Å². The number of likely N-dealkylation sites (tertiary alicyclic amines) is 1. The number of benzene rings is 1. The first-order valence-corrected chi connectivity index (χ1v) is 23.5. The Morgan fingerprint density at radius 3 is 2.40 bits per heavy atom. The minimum absolute atomic E-state index is 0.116. The van der Waals surface area contributed by atoms with Crippen molar-refractivity contribution in [2.45, 2.75) is 115 Å². The Balaban J connectivity index is 0.773. The van der Waals surface area contributed by atoms with Gasteiger partial charge in [0.2, 0.25) is 17.7 Å². The quantitative estimate of drug-likeness (QED) is 0.106. The van der Waals surface area contributed by atoms with Gasteiger partial charge in [-0.1, -0.05) is 13.0 Å². The zero-order valence-corrected chi connectivity index (χ0v) is 37.7. The van der Waals surface area contributed by atoms with Crippen molar-refractivity contribution in [2.75, 3.05) is 42.9 Å². The normalized spacial score (nSPS) is 21.9. The Kier molecular flexibility index (Phi) is 12.7. The Morgan fingerprint density at radius 2 is 1.71 bits per heavy atom. The lowest BCUT2D eigenvalue weighted by Crippen LogP contribution is -2.49. The Morgan fingerprint density at radius 1 is 0.923 bits per heavy atom. The highest BCUT2D eigenvalue weighted by Gasteiger charge is 2.37. The van der Waals surface area contributed by atoms with E-state index in [0.29, 0.717) is 29.6 Å². The molecule has 0 spiro atoms. The van der Waals surface area contributed by atoms with Gasteiger partial charge in [0, 0.05) is 77.5 Å². The number of nitrogens with zero attached hydrogens (tertiary/aromatic N) is 8. The molecule has 1 atom stereocenters. The highest BCUT2D eigenvalue weighted by molar-refractivity contribution is 6.01. The predicted octanol–water partition coefficient (Wildman–Crippen LogP) is 7.62. The molecule has 4 aromatic heterocycles. The van der Waals surface area contributed by atoms with Crippen LogP contribution in [0.25, 0.3) is 27.8 Å². The third-order valence-corrected chi connectivity index (χ3v) is 14.5. The number of pyridine rings is 2. The van der Waals surface area contributed by atoms with Crippen molar-refractivity contribution in [2.24, 2.45) is 11.3 Å². The smallest absolute Gasteiger partial charge is 0.249 e. The van der Waals surface area contributed by atoms with E-state index in [2.05, 4.69) is 66.9 Å². The molecule has 5 aromatic rings. The maximum absolute atomic E-state index is 15.3. The van der Waals surface area contributed by atoms with Crippen molar-refractivity contribution >= 4 is 34.7 Å². The SMILES string of the molecule is CC(C)NC(=O)C1(C)CCN(c2ccc(-c3cc(-c4cnn([C@H]5CC[C@H](CCN6CCC(c7ccc(NC8CCC(=O)NC8=O)cc7F)CC6)CC5)c4)cn4ncc(C#N)c34)cn2)CC1. The van der Waals surface area contributed by atoms with Crippen molar-refractivity contribution in [1.82, 2.24) is 39.9 Å². The van der Waals surface area contributed by atoms with Gasteiger partial charge in [-0.05, 0) is 145 Å². The molecule has 14 nitrogen and oxygen atoms in total. The molecule has 4 aliphatic rings. The van der Waals surface area contributed by atoms with E-state index in [-0.39, 0.29) is 47.3 Å². The number of anilines is 2. The van der Waals surface area contributed by atoms with Crippen LogP contribution in [0.15, 0.2) is 67.4 Å². The minimum atomic E-state index is -0.535. The number of carbonyl (C=O) groups excluding carboxylic acids is 3. The lowest BCUT2D eigenvalue weighted by molar-refractivity contribution is -0.134. The van der Waals surface area contributed by atoms with Gasteiger partial charge in [0.05, 0.1) is 29.5 Å². The summed E-state index contributed by atoms with van der Waals surface area (Å²) in [5.41, 5.74) is 5.89. The van der Waals surface area contributed by atoms with Crippen LogP contribution in [-0.4, -0.2) is 91.8 Å². The monoisotopic (exact) mass is 881 g/mol. The average Bonchev–Trinajstić information content (AvgIpc) is 3.98. The number of piperidine rings is 3. The van der Waals surface area contributed by atoms with Gasteiger partial charge in [0.25, 0.3) is 0 Å². The number of imide groups is 1. The van der Waals surface area contributed by atoms with Crippen molar-refractivity contribution in [3.05, 3.63) is 84.3 Å². The lowest BCUT2D eigenvalue weighted by atomic mass is 9.79. The number of halogens is 1. The maximum atomic E-state index is 15.3. The van der Waals surface area contributed by atoms with E-state index in [9.17, 15) is 19.6 Å². The summed E-state index contributed by atoms with van der Waals surface area (Å²) in [4.78, 5) is 46.2. The first kappa shape index (κ1) is 44.1. The fourth-order valence-corrected chi connectivity index (χ4v) is 10.4. The fourth-order valence-electron chi connectivity index (χ4n) is 10.4. The van der Waals surface area contributed by atoms with Crippen LogP contribution in [0, 0.1) is 28.5 Å². The number of hydrogen-bond donors (Lipinski definition) is 3. The molecule has 65 heavy (non-hydrogen) atoms. The maximum Gasteiger partial charge on any atom is 0.249 e. The molecular formula is C50H60FN11O3. The van der Waals surface area contributed by atoms with Crippen LogP contribution in [0.5, 0.6) is 0 Å². The molecule has 15 heteroatoms. The minimum Gasteiger partial charge on any atom is -0.374 e. The molecule has 3 aliphatic heterocycles. The van der Waals surface area contributed by atoms with E-state index in [1.54, 1.807) is 10.7 Å². The van der Waals surface area contributed by atoms with Gasteiger partial charge in [0.15, 0.2) is 0 Å². The Bertz CT molecular complexity index is 2570. The summed E-state index contributed by atoms with van der Waals surface area (Å²) in [6.07, 6.45) is 19.2. The molecule has 340 valence electrons. The van der Waals surface area contributed by atoms with Gasteiger partial charge in [0.1, 0.15) is 23.7 Å². The molecule has 3 amide bonds. The van der Waals surface area contributed by atoms with E-state index in [0.717, 1.165) is 123 Å². The molecule has 3 saturated heterocycles. The summed E-state index contributed by atoms with van der Waals surface area (Å²) in [5.74, 6) is 0.963. The van der Waals surface area contributed by atoms with Crippen molar-refractivity contribution in [3.63, 3.8) is 0 Å². The molecule has 0 bridgehead atoms. The molecule has 3 N–H and O–H groups in total. The van der Waals surface area contributed by atoms with Crippen LogP contribution in [0.2, 0.25) is 0 Å². The van der Waals surface area contributed by atoms with E-state index in [1.807, 2.05) is 50.6 Å². The zero-order valence-electron chi connectivity index (χ0n) is 37.7. The van der Waals surface area contributed by atoms with Gasteiger partial charge >= 0.3 is 0 Å². The summed E-state index contributed by atoms with van der Waals surface area (Å²) in [7, 11) is 0. The summed E-state index contributed by atoms with van der Waals surface area (Å²) in [6, 6.07) is 13.6. The Labute approximate surface area is 380 Å². The highest BCUT2D eigenvalue weighted by atomic mass is 19.1. The molecule has 1 unspecified atom stereocenters. The van der Waals surface area contributed by atoms with Gasteiger partial charge in [-0.3, -0.25) is 24.4 Å². The highest BCUT2D eigenvalue weighted by Crippen LogP contribution is 2.38. The molecule has 0 radical (unpaired) electrons. The van der Waals surface area contributed by atoms with E-state index < -0.39 is 6.04 Å². The number of carbonyl (C=O) groups is 3. The number of fused-ring (bicyclic) bond motifs is 1. The van der Waals surface area contributed by atoms with Crippen LogP contribution in [-0.2, 0) is 14.4 Å². The second-order valence-corrected chi connectivity index (χ2v) is 19.4. The third-order valence-electron chi connectivity index (χ3n) is 14.5. The van der Waals surface area contributed by atoms with Crippen LogP contribution in [0.4, 0.5) is 15.9 Å². The topological polar surface area (TPSA) is 166 Å². The molecular weight excluding hydrogens is 822 g/mol. The number of amides is 3. The first-order chi connectivity index (χ1) is 31.4. The number of rotatable bonds is 12. The van der Waals surface area contributed by atoms with Crippen molar-refractivity contribution in [3.8, 4) is 28.3 Å². The van der Waals surface area contributed by atoms with Gasteiger partial charge in [-0.2, -0.15) is 15.5 Å². The van der Waals surface area contributed by atoms with Crippen molar-refractivity contribution < 1.29 is 18.8 Å². The lowest BCUT2D eigenvalue weighted by Gasteiger charge is -2.39. The molecule has 9 rings (SSSR count). The van der Waals surface area contributed by atoms with Crippen LogP contribution in [0.3, 0.4) is 0 Å². The predicted molar refractivity (Wildman–Crippen MR) is 247 cm³/mol. The molecule has 7 heterocycles. The number of nitriles is 1. The van der Waals surface area contributed by atoms with Gasteiger partial charge in [-0.25, -0.2) is 13.9 Å². The van der Waals surface area contributed by atoms with Crippen LogP contribution >= 0.6 is 0 Å². The molecule has 4 fully saturated rings.